The molecule has 0 saturated carbocycles. The topological polar surface area (TPSA) is 66.5 Å². The number of hydrogen-bond donors (Lipinski definition) is 1. The first-order valence-corrected chi connectivity index (χ1v) is 6.26. The van der Waals surface area contributed by atoms with E-state index >= 15 is 0 Å². The number of hydrogen-bond acceptors (Lipinski definition) is 3. The number of nitrogens with one attached hydrogen (secondary N) is 1. The minimum absolute atomic E-state index is 0.104. The molecule has 2 rings (SSSR count). The smallest absolute Gasteiger partial charge is 0.306 e. The lowest BCUT2D eigenvalue weighted by Crippen LogP contribution is -2.40. The zero-order valence-corrected chi connectivity index (χ0v) is 10.1. The van der Waals surface area contributed by atoms with E-state index in [0.717, 1.165) is 0 Å². The lowest BCUT2D eigenvalue weighted by molar-refractivity contribution is 0.240. The number of carbonyl (C=O) groups excluding carboxylic acids is 1. The fourth-order valence-corrected chi connectivity index (χ4v) is 2.82. The van der Waals surface area contributed by atoms with Crippen molar-refractivity contribution in [3.05, 3.63) is 22.7 Å². The number of fused-ring (bicyclic) bond motifs is 1. The maximum Gasteiger partial charge on any atom is 0.335 e. The molecule has 0 spiro atoms. The standard InChI is InChI=1S/C8H7BrN2O3S/c1-11-8(12)10-6-4-5(9)2-3-7(6)15(11,13)14/h2-4H,1H3,(H,10,12). The van der Waals surface area contributed by atoms with Gasteiger partial charge in [0.25, 0.3) is 10.0 Å². The number of amides is 2. The first-order valence-electron chi connectivity index (χ1n) is 4.02. The number of benzene rings is 1. The molecule has 1 N–H and O–H groups in total. The van der Waals surface area contributed by atoms with E-state index in [0.29, 0.717) is 14.5 Å². The van der Waals surface area contributed by atoms with Crippen LogP contribution in [-0.4, -0.2) is 25.8 Å². The van der Waals surface area contributed by atoms with E-state index in [-0.39, 0.29) is 4.90 Å². The molecule has 0 unspecified atom stereocenters. The highest BCUT2D eigenvalue weighted by Gasteiger charge is 2.33. The average Bonchev–Trinajstić information content (AvgIpc) is 2.14. The Bertz CT molecular complexity index is 541. The predicted molar refractivity (Wildman–Crippen MR) is 58.1 cm³/mol. The molecule has 1 aliphatic heterocycles. The van der Waals surface area contributed by atoms with Crippen LogP contribution in [0.25, 0.3) is 0 Å². The Morgan fingerprint density at radius 1 is 1.40 bits per heavy atom. The lowest BCUT2D eigenvalue weighted by atomic mass is 10.3. The van der Waals surface area contributed by atoms with E-state index in [1.807, 2.05) is 0 Å². The molecule has 15 heavy (non-hydrogen) atoms. The van der Waals surface area contributed by atoms with E-state index in [9.17, 15) is 13.2 Å². The zero-order valence-electron chi connectivity index (χ0n) is 7.69. The molecule has 80 valence electrons. The minimum Gasteiger partial charge on any atom is -0.306 e. The van der Waals surface area contributed by atoms with Crippen molar-refractivity contribution in [1.29, 1.82) is 0 Å². The predicted octanol–water partition coefficient (Wildman–Crippen LogP) is 1.62. The first-order chi connectivity index (χ1) is 6.93. The van der Waals surface area contributed by atoms with Crippen molar-refractivity contribution in [3.63, 3.8) is 0 Å². The highest BCUT2D eigenvalue weighted by Crippen LogP contribution is 2.31. The molecule has 0 aliphatic carbocycles. The minimum atomic E-state index is -3.69. The third-order valence-electron chi connectivity index (χ3n) is 2.11. The fraction of sp³-hybridized carbons (Fsp3) is 0.125. The average molecular weight is 291 g/mol. The van der Waals surface area contributed by atoms with E-state index in [2.05, 4.69) is 21.2 Å². The van der Waals surface area contributed by atoms with Gasteiger partial charge in [0.15, 0.2) is 0 Å². The molecule has 0 saturated heterocycles. The summed E-state index contributed by atoms with van der Waals surface area (Å²) in [7, 11) is -2.47. The van der Waals surface area contributed by atoms with Crippen molar-refractivity contribution < 1.29 is 13.2 Å². The molecule has 0 fully saturated rings. The van der Waals surface area contributed by atoms with Gasteiger partial charge >= 0.3 is 6.03 Å². The van der Waals surface area contributed by atoms with E-state index in [1.54, 1.807) is 12.1 Å². The molecule has 7 heteroatoms. The molecule has 1 aliphatic rings. The number of sulfonamides is 1. The second-order valence-electron chi connectivity index (χ2n) is 3.04. The van der Waals surface area contributed by atoms with Crippen LogP contribution in [0.1, 0.15) is 0 Å². The molecule has 1 aromatic carbocycles. The van der Waals surface area contributed by atoms with Gasteiger partial charge in [-0.15, -0.1) is 0 Å². The van der Waals surface area contributed by atoms with Gasteiger partial charge in [0, 0.05) is 11.5 Å². The van der Waals surface area contributed by atoms with Gasteiger partial charge in [-0.2, -0.15) is 0 Å². The van der Waals surface area contributed by atoms with Gasteiger partial charge in [0.2, 0.25) is 0 Å². The largest absolute Gasteiger partial charge is 0.335 e. The molecule has 1 aromatic rings. The first kappa shape index (κ1) is 10.4. The molecule has 0 atom stereocenters. The Morgan fingerprint density at radius 3 is 2.73 bits per heavy atom. The second kappa shape index (κ2) is 3.21. The van der Waals surface area contributed by atoms with E-state index in [1.165, 1.54) is 13.1 Å². The quantitative estimate of drug-likeness (QED) is 0.789. The molecule has 0 aromatic heterocycles. The molecule has 2 amide bonds. The van der Waals surface area contributed by atoms with Gasteiger partial charge in [-0.25, -0.2) is 17.5 Å². The number of halogens is 1. The summed E-state index contributed by atoms with van der Waals surface area (Å²) in [6.45, 7) is 0. The van der Waals surface area contributed by atoms with Crippen LogP contribution >= 0.6 is 15.9 Å². The molecule has 5 nitrogen and oxygen atoms in total. The number of carbonyl (C=O) groups is 1. The van der Waals surface area contributed by atoms with Gasteiger partial charge < -0.3 is 5.32 Å². The van der Waals surface area contributed by atoms with Crippen LogP contribution in [0, 0.1) is 0 Å². The second-order valence-corrected chi connectivity index (χ2v) is 5.90. The van der Waals surface area contributed by atoms with E-state index < -0.39 is 16.1 Å². The van der Waals surface area contributed by atoms with Crippen LogP contribution in [0.2, 0.25) is 0 Å². The van der Waals surface area contributed by atoms with Crippen molar-refractivity contribution in [3.8, 4) is 0 Å². The normalized spacial score (nSPS) is 18.3. The zero-order chi connectivity index (χ0) is 11.2. The van der Waals surface area contributed by atoms with Gasteiger partial charge in [0.05, 0.1) is 5.69 Å². The summed E-state index contributed by atoms with van der Waals surface area (Å²) < 4.78 is 24.9. The maximum absolute atomic E-state index is 11.8. The Labute approximate surface area is 95.3 Å². The Hall–Kier alpha value is -1.08. The number of urea groups is 1. The molecular weight excluding hydrogens is 284 g/mol. The third-order valence-corrected chi connectivity index (χ3v) is 4.40. The van der Waals surface area contributed by atoms with Crippen molar-refractivity contribution in [1.82, 2.24) is 4.31 Å². The van der Waals surface area contributed by atoms with Gasteiger partial charge in [-0.1, -0.05) is 15.9 Å². The number of nitrogens with zero attached hydrogens (tertiary/aromatic N) is 1. The van der Waals surface area contributed by atoms with Crippen molar-refractivity contribution in [2.75, 3.05) is 12.4 Å². The Kier molecular flexibility index (Phi) is 2.23. The maximum atomic E-state index is 11.8. The van der Waals surface area contributed by atoms with Crippen molar-refractivity contribution in [2.24, 2.45) is 0 Å². The molecule has 0 radical (unpaired) electrons. The summed E-state index contributed by atoms with van der Waals surface area (Å²) in [4.78, 5) is 11.4. The Balaban J connectivity index is 2.72. The van der Waals surface area contributed by atoms with Gasteiger partial charge in [-0.3, -0.25) is 0 Å². The van der Waals surface area contributed by atoms with E-state index in [4.69, 9.17) is 0 Å². The van der Waals surface area contributed by atoms with Gasteiger partial charge in [-0.05, 0) is 18.2 Å². The summed E-state index contributed by atoms with van der Waals surface area (Å²) in [5.41, 5.74) is 0.299. The summed E-state index contributed by atoms with van der Waals surface area (Å²) in [5.74, 6) is 0. The van der Waals surface area contributed by atoms with Crippen LogP contribution in [-0.2, 0) is 10.0 Å². The monoisotopic (exact) mass is 290 g/mol. The third kappa shape index (κ3) is 1.51. The van der Waals surface area contributed by atoms with Gasteiger partial charge in [0.1, 0.15) is 4.90 Å². The highest BCUT2D eigenvalue weighted by atomic mass is 79.9. The van der Waals surface area contributed by atoms with Crippen LogP contribution in [0.3, 0.4) is 0 Å². The van der Waals surface area contributed by atoms with Crippen LogP contribution in [0.4, 0.5) is 10.5 Å². The van der Waals surface area contributed by atoms with Crippen LogP contribution < -0.4 is 5.32 Å². The molecule has 1 heterocycles. The fourth-order valence-electron chi connectivity index (χ4n) is 1.28. The SMILES string of the molecule is CN1C(=O)Nc2cc(Br)ccc2S1(=O)=O. The van der Waals surface area contributed by atoms with Crippen LogP contribution in [0.5, 0.6) is 0 Å². The highest BCUT2D eigenvalue weighted by molar-refractivity contribution is 9.10. The van der Waals surface area contributed by atoms with Crippen molar-refractivity contribution >= 4 is 37.7 Å². The summed E-state index contributed by atoms with van der Waals surface area (Å²) >= 11 is 3.20. The number of rotatable bonds is 0. The Morgan fingerprint density at radius 2 is 2.07 bits per heavy atom. The van der Waals surface area contributed by atoms with Crippen molar-refractivity contribution in [2.45, 2.75) is 4.90 Å². The summed E-state index contributed by atoms with van der Waals surface area (Å²) in [5, 5.41) is 2.48. The summed E-state index contributed by atoms with van der Waals surface area (Å²) in [6, 6.07) is 3.96. The van der Waals surface area contributed by atoms with Crippen LogP contribution in [0.15, 0.2) is 27.6 Å². The molecule has 0 bridgehead atoms. The summed E-state index contributed by atoms with van der Waals surface area (Å²) in [6.07, 6.45) is 0. The number of anilines is 1. The molecular formula is C8H7BrN2O3S. The lowest BCUT2D eigenvalue weighted by Gasteiger charge is -2.25.